The highest BCUT2D eigenvalue weighted by Crippen LogP contribution is 2.32. The molecule has 228 valence electrons. The molecular weight excluding hydrogens is 570 g/mol. The zero-order chi connectivity index (χ0) is 30.4. The van der Waals surface area contributed by atoms with E-state index in [1.54, 1.807) is 23.7 Å². The van der Waals surface area contributed by atoms with Gasteiger partial charge in [0.15, 0.2) is 5.82 Å². The standard InChI is InChI=1S/C26H35N7O8S/c1-5-7-22-21(17-27-39-4)18(3)24-26(34)28-25(29-32(22)24)20-16-19(8-9-23(20)40-6-2)42(37,38)31-12-10-30(11-13-31)14-15-41-33(35)36/h8-9,16-17H,5-7,10-15H2,1-4H3,(H,28,29,34). The monoisotopic (exact) mass is 605 g/mol. The maximum Gasteiger partial charge on any atom is 0.294 e. The van der Waals surface area contributed by atoms with Crippen LogP contribution >= 0.6 is 0 Å². The van der Waals surface area contributed by atoms with E-state index in [1.165, 1.54) is 23.5 Å². The summed E-state index contributed by atoms with van der Waals surface area (Å²) in [5.74, 6) is 0.530. The minimum absolute atomic E-state index is 0.0271. The number of ether oxygens (including phenoxy) is 1. The van der Waals surface area contributed by atoms with Crippen molar-refractivity contribution in [1.82, 2.24) is 23.8 Å². The lowest BCUT2D eigenvalue weighted by molar-refractivity contribution is -0.757. The Hall–Kier alpha value is -4.02. The lowest BCUT2D eigenvalue weighted by Gasteiger charge is -2.33. The van der Waals surface area contributed by atoms with E-state index in [1.807, 2.05) is 18.7 Å². The molecule has 0 atom stereocenters. The maximum absolute atomic E-state index is 13.6. The normalized spacial score (nSPS) is 15.0. The third-order valence-corrected chi connectivity index (χ3v) is 8.93. The van der Waals surface area contributed by atoms with E-state index in [0.717, 1.165) is 17.7 Å². The van der Waals surface area contributed by atoms with Gasteiger partial charge in [-0.2, -0.15) is 4.31 Å². The second kappa shape index (κ2) is 13.3. The molecule has 2 aromatic heterocycles. The largest absolute Gasteiger partial charge is 0.493 e. The Balaban J connectivity index is 1.72. The summed E-state index contributed by atoms with van der Waals surface area (Å²) in [4.78, 5) is 37.7. The van der Waals surface area contributed by atoms with Crippen LogP contribution in [0.2, 0.25) is 0 Å². The molecule has 1 aromatic carbocycles. The van der Waals surface area contributed by atoms with Crippen molar-refractivity contribution in [3.63, 3.8) is 0 Å². The molecule has 3 heterocycles. The number of piperazine rings is 1. The van der Waals surface area contributed by atoms with Gasteiger partial charge >= 0.3 is 0 Å². The van der Waals surface area contributed by atoms with Gasteiger partial charge < -0.3 is 19.4 Å². The Morgan fingerprint density at radius 3 is 2.60 bits per heavy atom. The second-order valence-electron chi connectivity index (χ2n) is 9.61. The number of rotatable bonds is 13. The van der Waals surface area contributed by atoms with Crippen LogP contribution in [0.15, 0.2) is 33.0 Å². The van der Waals surface area contributed by atoms with Crippen LogP contribution in [0.25, 0.3) is 16.9 Å². The van der Waals surface area contributed by atoms with Crippen molar-refractivity contribution in [3.8, 4) is 17.1 Å². The first-order valence-electron chi connectivity index (χ1n) is 13.6. The second-order valence-corrected chi connectivity index (χ2v) is 11.5. The molecule has 4 rings (SSSR count). The van der Waals surface area contributed by atoms with Crippen molar-refractivity contribution in [2.45, 2.75) is 38.5 Å². The summed E-state index contributed by atoms with van der Waals surface area (Å²) in [6.45, 7) is 7.40. The number of nitrogens with zero attached hydrogens (tertiary/aromatic N) is 6. The minimum atomic E-state index is -3.91. The highest BCUT2D eigenvalue weighted by Gasteiger charge is 2.30. The number of benzene rings is 1. The third kappa shape index (κ3) is 6.39. The van der Waals surface area contributed by atoms with Crippen LogP contribution in [0.5, 0.6) is 5.75 Å². The zero-order valence-electron chi connectivity index (χ0n) is 24.0. The Kier molecular flexibility index (Phi) is 9.80. The molecule has 1 aliphatic heterocycles. The minimum Gasteiger partial charge on any atom is -0.493 e. The lowest BCUT2D eigenvalue weighted by atomic mass is 10.1. The number of fused-ring (bicyclic) bond motifs is 1. The van der Waals surface area contributed by atoms with E-state index in [2.05, 4.69) is 15.0 Å². The fraction of sp³-hybridized carbons (Fsp3) is 0.500. The molecule has 0 aliphatic carbocycles. The van der Waals surface area contributed by atoms with Gasteiger partial charge in [-0.25, -0.2) is 12.9 Å². The van der Waals surface area contributed by atoms with E-state index in [-0.39, 0.29) is 36.0 Å². The molecule has 0 bridgehead atoms. The molecule has 1 fully saturated rings. The number of nitrogens with one attached hydrogen (secondary N) is 1. The van der Waals surface area contributed by atoms with Crippen molar-refractivity contribution < 1.29 is 27.9 Å². The third-order valence-electron chi connectivity index (χ3n) is 7.04. The van der Waals surface area contributed by atoms with Crippen LogP contribution in [0.3, 0.4) is 0 Å². The van der Waals surface area contributed by atoms with Crippen molar-refractivity contribution >= 4 is 21.8 Å². The van der Waals surface area contributed by atoms with Crippen LogP contribution in [-0.2, 0) is 26.1 Å². The molecule has 1 aliphatic rings. The maximum atomic E-state index is 13.6. The molecule has 0 radical (unpaired) electrons. The fourth-order valence-electron chi connectivity index (χ4n) is 5.02. The van der Waals surface area contributed by atoms with Gasteiger partial charge in [0.2, 0.25) is 10.0 Å². The quantitative estimate of drug-likeness (QED) is 0.172. The molecule has 42 heavy (non-hydrogen) atoms. The predicted molar refractivity (Wildman–Crippen MR) is 154 cm³/mol. The number of oxime groups is 1. The molecular formula is C26H35N7O8S. The molecule has 0 unspecified atom stereocenters. The lowest BCUT2D eigenvalue weighted by Crippen LogP contribution is -2.49. The Bertz CT molecular complexity index is 1630. The predicted octanol–water partition coefficient (Wildman–Crippen LogP) is 1.84. The van der Waals surface area contributed by atoms with Crippen molar-refractivity contribution in [2.75, 3.05) is 53.0 Å². The van der Waals surface area contributed by atoms with E-state index < -0.39 is 15.1 Å². The van der Waals surface area contributed by atoms with E-state index >= 15 is 0 Å². The summed E-state index contributed by atoms with van der Waals surface area (Å²) < 4.78 is 36.0. The zero-order valence-corrected chi connectivity index (χ0v) is 24.8. The van der Waals surface area contributed by atoms with Crippen LogP contribution in [0, 0.1) is 17.0 Å². The highest BCUT2D eigenvalue weighted by atomic mass is 32.2. The van der Waals surface area contributed by atoms with Crippen molar-refractivity contribution in [2.24, 2.45) is 5.16 Å². The highest BCUT2D eigenvalue weighted by molar-refractivity contribution is 7.89. The number of aromatic amines is 1. The van der Waals surface area contributed by atoms with Gasteiger partial charge in [0, 0.05) is 38.3 Å². The average molecular weight is 606 g/mol. The van der Waals surface area contributed by atoms with Crippen LogP contribution in [0.1, 0.15) is 37.1 Å². The number of sulfonamides is 1. The van der Waals surface area contributed by atoms with Gasteiger partial charge in [-0.1, -0.05) is 18.5 Å². The number of aromatic nitrogens is 3. The van der Waals surface area contributed by atoms with Crippen molar-refractivity contribution in [3.05, 3.63) is 55.5 Å². The molecule has 0 amide bonds. The van der Waals surface area contributed by atoms with Gasteiger partial charge in [-0.05, 0) is 44.0 Å². The first-order valence-corrected chi connectivity index (χ1v) is 15.0. The smallest absolute Gasteiger partial charge is 0.294 e. The molecule has 0 saturated carbocycles. The Morgan fingerprint density at radius 1 is 1.21 bits per heavy atom. The summed E-state index contributed by atoms with van der Waals surface area (Å²) in [6.07, 6.45) is 2.96. The van der Waals surface area contributed by atoms with E-state index in [9.17, 15) is 23.3 Å². The fourth-order valence-corrected chi connectivity index (χ4v) is 6.47. The summed E-state index contributed by atoms with van der Waals surface area (Å²) in [5.41, 5.74) is 2.52. The average Bonchev–Trinajstić information content (AvgIpc) is 3.23. The summed E-state index contributed by atoms with van der Waals surface area (Å²) in [5, 5.41) is 18.2. The molecule has 15 nitrogen and oxygen atoms in total. The number of H-pyrrole nitrogens is 1. The van der Waals surface area contributed by atoms with Gasteiger partial charge in [0.25, 0.3) is 10.6 Å². The number of hydrogen-bond donors (Lipinski definition) is 1. The van der Waals surface area contributed by atoms with Gasteiger partial charge in [0.1, 0.15) is 25.0 Å². The van der Waals surface area contributed by atoms with Gasteiger partial charge in [-0.3, -0.25) is 9.69 Å². The van der Waals surface area contributed by atoms with Crippen LogP contribution in [0.4, 0.5) is 0 Å². The van der Waals surface area contributed by atoms with E-state index in [4.69, 9.17) is 14.7 Å². The number of hydrogen-bond acceptors (Lipinski definition) is 11. The first-order chi connectivity index (χ1) is 20.1. The topological polar surface area (TPSA) is 174 Å². The summed E-state index contributed by atoms with van der Waals surface area (Å²) in [6, 6.07) is 4.50. The Morgan fingerprint density at radius 2 is 1.95 bits per heavy atom. The number of aryl methyl sites for hydroxylation is 2. The molecule has 16 heteroatoms. The van der Waals surface area contributed by atoms with Crippen LogP contribution < -0.4 is 10.3 Å². The summed E-state index contributed by atoms with van der Waals surface area (Å²) >= 11 is 0. The van der Waals surface area contributed by atoms with Crippen molar-refractivity contribution in [1.29, 1.82) is 0 Å². The molecule has 3 aromatic rings. The Labute approximate surface area is 242 Å². The SMILES string of the molecule is CCCc1c(C=NOC)c(C)c2c(=O)[nH]c(-c3cc(S(=O)(=O)N4CCN(CCO[N+](=O)[O-])CC4)ccc3OCC)nn12. The first kappa shape index (κ1) is 30.9. The van der Waals surface area contributed by atoms with E-state index in [0.29, 0.717) is 55.1 Å². The van der Waals surface area contributed by atoms with Gasteiger partial charge in [-0.15, -0.1) is 15.2 Å². The molecule has 0 spiro atoms. The molecule has 1 saturated heterocycles. The molecule has 1 N–H and O–H groups in total. The van der Waals surface area contributed by atoms with Crippen LogP contribution in [-0.4, -0.2) is 96.6 Å². The van der Waals surface area contributed by atoms with Gasteiger partial charge in [0.05, 0.1) is 29.0 Å². The summed E-state index contributed by atoms with van der Waals surface area (Å²) in [7, 11) is -2.47.